The maximum absolute atomic E-state index is 9.44. The molecule has 2 atom stereocenters. The van der Waals surface area contributed by atoms with Crippen LogP contribution in [0.4, 0.5) is 0 Å². The normalized spacial score (nSPS) is 14.7. The summed E-state index contributed by atoms with van der Waals surface area (Å²) < 4.78 is 1.67. The second kappa shape index (κ2) is 4.74. The third-order valence-electron chi connectivity index (χ3n) is 1.88. The summed E-state index contributed by atoms with van der Waals surface area (Å²) in [5.74, 6) is 0. The van der Waals surface area contributed by atoms with Crippen molar-refractivity contribution in [3.63, 3.8) is 0 Å². The van der Waals surface area contributed by atoms with Gasteiger partial charge in [0.15, 0.2) is 6.10 Å². The van der Waals surface area contributed by atoms with E-state index in [1.54, 1.807) is 16.9 Å². The van der Waals surface area contributed by atoms with Crippen molar-refractivity contribution in [1.82, 2.24) is 9.78 Å². The van der Waals surface area contributed by atoms with Crippen LogP contribution in [0.3, 0.4) is 0 Å². The fourth-order valence-corrected chi connectivity index (χ4v) is 1.14. The van der Waals surface area contributed by atoms with E-state index in [9.17, 15) is 5.11 Å². The number of aliphatic hydroxyl groups is 2. The number of aryl methyl sites for hydroxylation is 1. The molecule has 0 aromatic carbocycles. The molecule has 0 saturated carbocycles. The van der Waals surface area contributed by atoms with Crippen LogP contribution in [0, 0.1) is 11.3 Å². The molecule has 0 amide bonds. The predicted molar refractivity (Wildman–Crippen MR) is 49.1 cm³/mol. The van der Waals surface area contributed by atoms with Crippen LogP contribution in [0.2, 0.25) is 0 Å². The molecule has 2 N–H and O–H groups in total. The third-order valence-corrected chi connectivity index (χ3v) is 1.88. The highest BCUT2D eigenvalue weighted by molar-refractivity contribution is 5.12. The van der Waals surface area contributed by atoms with Gasteiger partial charge in [0.05, 0.1) is 12.3 Å². The smallest absolute Gasteiger partial charge is 0.170 e. The lowest BCUT2D eigenvalue weighted by Gasteiger charge is -2.08. The van der Waals surface area contributed by atoms with E-state index in [-0.39, 0.29) is 0 Å². The van der Waals surface area contributed by atoms with E-state index in [1.165, 1.54) is 6.20 Å². The van der Waals surface area contributed by atoms with Crippen LogP contribution in [0.15, 0.2) is 12.4 Å². The van der Waals surface area contributed by atoms with Gasteiger partial charge >= 0.3 is 0 Å². The van der Waals surface area contributed by atoms with Gasteiger partial charge < -0.3 is 10.2 Å². The zero-order valence-corrected chi connectivity index (χ0v) is 7.96. The van der Waals surface area contributed by atoms with E-state index in [2.05, 4.69) is 5.10 Å². The van der Waals surface area contributed by atoms with E-state index in [0.29, 0.717) is 5.56 Å². The third kappa shape index (κ3) is 2.31. The first kappa shape index (κ1) is 10.7. The van der Waals surface area contributed by atoms with Gasteiger partial charge in [-0.1, -0.05) is 6.92 Å². The molecular formula is C9H13N3O2. The molecule has 14 heavy (non-hydrogen) atoms. The molecule has 76 valence electrons. The summed E-state index contributed by atoms with van der Waals surface area (Å²) in [6.07, 6.45) is 1.47. The quantitative estimate of drug-likeness (QED) is 0.673. The second-order valence-corrected chi connectivity index (χ2v) is 3.06. The average Bonchev–Trinajstić information content (AvgIpc) is 2.64. The Kier molecular flexibility index (Phi) is 3.63. The minimum absolute atomic E-state index is 0.465. The Morgan fingerprint density at radius 3 is 2.93 bits per heavy atom. The predicted octanol–water partition coefficient (Wildman–Crippen LogP) is 0.211. The Labute approximate surface area is 82.2 Å². The molecular weight excluding hydrogens is 182 g/mol. The molecule has 0 radical (unpaired) electrons. The van der Waals surface area contributed by atoms with Crippen molar-refractivity contribution in [2.24, 2.45) is 0 Å². The molecule has 0 bridgehead atoms. The van der Waals surface area contributed by atoms with Gasteiger partial charge in [-0.3, -0.25) is 4.68 Å². The maximum atomic E-state index is 9.44. The van der Waals surface area contributed by atoms with Gasteiger partial charge in [0.25, 0.3) is 0 Å². The average molecular weight is 195 g/mol. The molecule has 0 spiro atoms. The number of rotatable bonds is 4. The lowest BCUT2D eigenvalue weighted by atomic mass is 10.1. The van der Waals surface area contributed by atoms with E-state index in [0.717, 1.165) is 13.0 Å². The first-order chi connectivity index (χ1) is 6.69. The molecule has 0 fully saturated rings. The topological polar surface area (TPSA) is 82.1 Å². The number of nitrogens with zero attached hydrogens (tertiary/aromatic N) is 3. The fraction of sp³-hybridized carbons (Fsp3) is 0.556. The first-order valence-electron chi connectivity index (χ1n) is 4.47. The highest BCUT2D eigenvalue weighted by atomic mass is 16.3. The number of nitriles is 1. The zero-order valence-electron chi connectivity index (χ0n) is 7.96. The number of aliphatic hydroxyl groups excluding tert-OH is 2. The lowest BCUT2D eigenvalue weighted by Crippen LogP contribution is -2.15. The minimum Gasteiger partial charge on any atom is -0.384 e. The van der Waals surface area contributed by atoms with Crippen LogP contribution in [0.1, 0.15) is 25.0 Å². The lowest BCUT2D eigenvalue weighted by molar-refractivity contribution is 0.0527. The summed E-state index contributed by atoms with van der Waals surface area (Å²) in [4.78, 5) is 0. The zero-order chi connectivity index (χ0) is 10.6. The summed E-state index contributed by atoms with van der Waals surface area (Å²) in [6.45, 7) is 2.78. The molecule has 0 aliphatic heterocycles. The summed E-state index contributed by atoms with van der Waals surface area (Å²) in [5.41, 5.74) is 0.465. The molecule has 1 rings (SSSR count). The monoisotopic (exact) mass is 195 g/mol. The van der Waals surface area contributed by atoms with Crippen LogP contribution < -0.4 is 0 Å². The molecule has 0 aliphatic carbocycles. The van der Waals surface area contributed by atoms with Crippen molar-refractivity contribution in [2.75, 3.05) is 0 Å². The van der Waals surface area contributed by atoms with Crippen molar-refractivity contribution < 1.29 is 10.2 Å². The van der Waals surface area contributed by atoms with Gasteiger partial charge in [0.2, 0.25) is 0 Å². The van der Waals surface area contributed by atoms with Crippen LogP contribution in [0.25, 0.3) is 0 Å². The highest BCUT2D eigenvalue weighted by Crippen LogP contribution is 2.15. The number of hydrogen-bond acceptors (Lipinski definition) is 4. The molecule has 0 saturated heterocycles. The van der Waals surface area contributed by atoms with Crippen molar-refractivity contribution in [1.29, 1.82) is 5.26 Å². The van der Waals surface area contributed by atoms with Crippen molar-refractivity contribution in [3.05, 3.63) is 18.0 Å². The number of aromatic nitrogens is 2. The van der Waals surface area contributed by atoms with Gasteiger partial charge in [-0.25, -0.2) is 0 Å². The summed E-state index contributed by atoms with van der Waals surface area (Å²) in [7, 11) is 0. The maximum Gasteiger partial charge on any atom is 0.170 e. The Hall–Kier alpha value is -1.38. The molecule has 1 aromatic heterocycles. The van der Waals surface area contributed by atoms with Crippen molar-refractivity contribution in [2.45, 2.75) is 32.1 Å². The van der Waals surface area contributed by atoms with Crippen LogP contribution >= 0.6 is 0 Å². The van der Waals surface area contributed by atoms with Crippen LogP contribution in [-0.4, -0.2) is 26.1 Å². The Morgan fingerprint density at radius 2 is 2.36 bits per heavy atom. The summed E-state index contributed by atoms with van der Waals surface area (Å²) in [6, 6.07) is 1.57. The van der Waals surface area contributed by atoms with Gasteiger partial charge in [0.1, 0.15) is 6.10 Å². The molecule has 1 aromatic rings. The van der Waals surface area contributed by atoms with E-state index < -0.39 is 12.2 Å². The van der Waals surface area contributed by atoms with Gasteiger partial charge in [-0.15, -0.1) is 0 Å². The first-order valence-corrected chi connectivity index (χ1v) is 4.47. The van der Waals surface area contributed by atoms with E-state index in [4.69, 9.17) is 10.4 Å². The number of hydrogen-bond donors (Lipinski definition) is 2. The Bertz CT molecular complexity index is 329. The standard InChI is InChI=1S/C9H13N3O2/c1-2-3-12-6-7(5-11-12)9(14)8(13)4-10/h5-6,8-9,13-14H,2-3H2,1H3. The van der Waals surface area contributed by atoms with E-state index >= 15 is 0 Å². The molecule has 0 aliphatic rings. The Morgan fingerprint density at radius 1 is 1.64 bits per heavy atom. The van der Waals surface area contributed by atoms with Crippen LogP contribution in [-0.2, 0) is 6.54 Å². The van der Waals surface area contributed by atoms with Crippen LogP contribution in [0.5, 0.6) is 0 Å². The van der Waals surface area contributed by atoms with Crippen molar-refractivity contribution in [3.8, 4) is 6.07 Å². The largest absolute Gasteiger partial charge is 0.384 e. The SMILES string of the molecule is CCCn1cc(C(O)C(O)C#N)cn1. The highest BCUT2D eigenvalue weighted by Gasteiger charge is 2.18. The second-order valence-electron chi connectivity index (χ2n) is 3.06. The van der Waals surface area contributed by atoms with E-state index in [1.807, 2.05) is 6.92 Å². The Balaban J connectivity index is 2.72. The fourth-order valence-electron chi connectivity index (χ4n) is 1.14. The minimum atomic E-state index is -1.39. The summed E-state index contributed by atoms with van der Waals surface area (Å²) in [5, 5.41) is 30.9. The van der Waals surface area contributed by atoms with Crippen molar-refractivity contribution >= 4 is 0 Å². The summed E-state index contributed by atoms with van der Waals surface area (Å²) >= 11 is 0. The molecule has 5 heteroatoms. The van der Waals surface area contributed by atoms with Gasteiger partial charge in [-0.05, 0) is 6.42 Å². The van der Waals surface area contributed by atoms with Gasteiger partial charge in [0, 0.05) is 18.3 Å². The molecule has 2 unspecified atom stereocenters. The molecule has 1 heterocycles. The van der Waals surface area contributed by atoms with Gasteiger partial charge in [-0.2, -0.15) is 10.4 Å². The molecule has 5 nitrogen and oxygen atoms in total.